The second-order valence-corrected chi connectivity index (χ2v) is 6.97. The highest BCUT2D eigenvalue weighted by Gasteiger charge is 2.20. The van der Waals surface area contributed by atoms with Crippen molar-refractivity contribution in [3.63, 3.8) is 0 Å². The monoisotopic (exact) mass is 268 g/mol. The smallest absolute Gasteiger partial charge is 0.177 e. The predicted octanol–water partition coefficient (Wildman–Crippen LogP) is 2.64. The second-order valence-electron chi connectivity index (χ2n) is 4.86. The lowest BCUT2D eigenvalue weighted by Gasteiger charge is -2.09. The number of aryl methyl sites for hydroxylation is 1. The van der Waals surface area contributed by atoms with Crippen LogP contribution in [0.1, 0.15) is 36.2 Å². The van der Waals surface area contributed by atoms with E-state index in [1.807, 2.05) is 26.8 Å². The number of carbonyl (C=O) groups is 1. The molecule has 0 aliphatic carbocycles. The van der Waals surface area contributed by atoms with Crippen LogP contribution in [-0.2, 0) is 9.84 Å². The first-order valence-electron chi connectivity index (χ1n) is 6.14. The van der Waals surface area contributed by atoms with Gasteiger partial charge in [0.25, 0.3) is 0 Å². The first kappa shape index (κ1) is 14.9. The van der Waals surface area contributed by atoms with E-state index in [0.29, 0.717) is 5.56 Å². The van der Waals surface area contributed by atoms with E-state index >= 15 is 0 Å². The number of hydrogen-bond donors (Lipinski definition) is 0. The summed E-state index contributed by atoms with van der Waals surface area (Å²) < 4.78 is 23.7. The lowest BCUT2D eigenvalue weighted by atomic mass is 10.1. The molecular weight excluding hydrogens is 248 g/mol. The molecule has 3 nitrogen and oxygen atoms in total. The first-order chi connectivity index (χ1) is 8.34. The van der Waals surface area contributed by atoms with Crippen LogP contribution in [0.25, 0.3) is 0 Å². The van der Waals surface area contributed by atoms with Crippen LogP contribution < -0.4 is 0 Å². The molecule has 1 unspecified atom stereocenters. The van der Waals surface area contributed by atoms with E-state index in [9.17, 15) is 13.2 Å². The number of benzene rings is 1. The van der Waals surface area contributed by atoms with Crippen LogP contribution in [-0.4, -0.2) is 25.7 Å². The Balaban J connectivity index is 2.76. The lowest BCUT2D eigenvalue weighted by molar-refractivity contribution is 0.102. The van der Waals surface area contributed by atoms with Gasteiger partial charge in [-0.3, -0.25) is 4.79 Å². The summed E-state index contributed by atoms with van der Waals surface area (Å²) in [6.45, 7) is 5.71. The minimum Gasteiger partial charge on any atom is -0.293 e. The van der Waals surface area contributed by atoms with Gasteiger partial charge < -0.3 is 0 Å². The van der Waals surface area contributed by atoms with Gasteiger partial charge in [0.15, 0.2) is 15.6 Å². The van der Waals surface area contributed by atoms with E-state index in [1.54, 1.807) is 18.2 Å². The summed E-state index contributed by atoms with van der Waals surface area (Å²) in [6, 6.07) is 7.03. The molecule has 4 heteroatoms. The van der Waals surface area contributed by atoms with E-state index in [-0.39, 0.29) is 23.2 Å². The highest BCUT2D eigenvalue weighted by molar-refractivity contribution is 7.92. The molecule has 0 saturated carbocycles. The van der Waals surface area contributed by atoms with Gasteiger partial charge in [-0.05, 0) is 18.9 Å². The minimum absolute atomic E-state index is 0.0844. The van der Waals surface area contributed by atoms with E-state index in [0.717, 1.165) is 12.0 Å². The topological polar surface area (TPSA) is 51.2 Å². The maximum atomic E-state index is 11.9. The fraction of sp³-hybridized carbons (Fsp3) is 0.500. The van der Waals surface area contributed by atoms with Crippen LogP contribution in [0.15, 0.2) is 24.3 Å². The van der Waals surface area contributed by atoms with Crippen LogP contribution in [0.4, 0.5) is 0 Å². The van der Waals surface area contributed by atoms with E-state index < -0.39 is 9.84 Å². The maximum absolute atomic E-state index is 11.9. The van der Waals surface area contributed by atoms with E-state index in [1.165, 1.54) is 0 Å². The molecular formula is C14H20O3S. The number of sulfone groups is 1. The van der Waals surface area contributed by atoms with Crippen LogP contribution in [0, 0.1) is 12.8 Å². The number of rotatable bonds is 6. The van der Waals surface area contributed by atoms with Gasteiger partial charge in [0.05, 0.1) is 5.75 Å². The second kappa shape index (κ2) is 6.14. The van der Waals surface area contributed by atoms with Crippen molar-refractivity contribution in [2.24, 2.45) is 5.92 Å². The van der Waals surface area contributed by atoms with Gasteiger partial charge >= 0.3 is 0 Å². The molecule has 0 amide bonds. The fourth-order valence-electron chi connectivity index (χ4n) is 1.71. The lowest BCUT2D eigenvalue weighted by Crippen LogP contribution is -2.22. The molecule has 0 saturated heterocycles. The molecule has 18 heavy (non-hydrogen) atoms. The molecule has 1 aromatic rings. The van der Waals surface area contributed by atoms with Crippen LogP contribution in [0.2, 0.25) is 0 Å². The Bertz CT molecular complexity index is 518. The quantitative estimate of drug-likeness (QED) is 0.745. The Morgan fingerprint density at radius 2 is 2.00 bits per heavy atom. The van der Waals surface area contributed by atoms with E-state index in [2.05, 4.69) is 0 Å². The third-order valence-corrected chi connectivity index (χ3v) is 4.71. The van der Waals surface area contributed by atoms with Crippen molar-refractivity contribution in [3.05, 3.63) is 35.4 Å². The highest BCUT2D eigenvalue weighted by Crippen LogP contribution is 2.10. The number of Topliss-reactive ketones (excluding diaryl/α,β-unsaturated/α-hetero) is 1. The van der Waals surface area contributed by atoms with Gasteiger partial charge in [-0.15, -0.1) is 0 Å². The third kappa shape index (κ3) is 4.61. The Kier molecular flexibility index (Phi) is 5.08. The molecule has 0 aliphatic rings. The summed E-state index contributed by atoms with van der Waals surface area (Å²) in [5.74, 6) is -0.524. The van der Waals surface area contributed by atoms with E-state index in [4.69, 9.17) is 0 Å². The Morgan fingerprint density at radius 3 is 2.56 bits per heavy atom. The van der Waals surface area contributed by atoms with Crippen molar-refractivity contribution in [2.75, 3.05) is 11.5 Å². The molecule has 0 N–H and O–H groups in total. The molecule has 0 heterocycles. The minimum atomic E-state index is -3.30. The summed E-state index contributed by atoms with van der Waals surface area (Å²) in [6.07, 6.45) is 0.803. The molecule has 0 aliphatic heterocycles. The summed E-state index contributed by atoms with van der Waals surface area (Å²) in [4.78, 5) is 11.9. The molecule has 1 aromatic carbocycles. The SMILES string of the molecule is CCC(C)CS(=O)(=O)CC(=O)c1cccc(C)c1. The summed E-state index contributed by atoms with van der Waals surface area (Å²) in [5, 5.41) is 0. The molecule has 0 spiro atoms. The fourth-order valence-corrected chi connectivity index (χ4v) is 3.50. The Hall–Kier alpha value is -1.16. The molecule has 0 radical (unpaired) electrons. The van der Waals surface area contributed by atoms with Gasteiger partial charge in [0.2, 0.25) is 0 Å². The highest BCUT2D eigenvalue weighted by atomic mass is 32.2. The van der Waals surface area contributed by atoms with Gasteiger partial charge in [-0.25, -0.2) is 8.42 Å². The average molecular weight is 268 g/mol. The Morgan fingerprint density at radius 1 is 1.33 bits per heavy atom. The molecule has 0 fully saturated rings. The van der Waals surface area contributed by atoms with Crippen molar-refractivity contribution in [2.45, 2.75) is 27.2 Å². The summed E-state index contributed by atoms with van der Waals surface area (Å²) in [7, 11) is -3.30. The molecule has 1 atom stereocenters. The molecule has 1 rings (SSSR count). The number of ketones is 1. The standard InChI is InChI=1S/C14H20O3S/c1-4-11(2)9-18(16,17)10-14(15)13-7-5-6-12(3)8-13/h5-8,11H,4,9-10H2,1-3H3. The van der Waals surface area contributed by atoms with Gasteiger partial charge in [0, 0.05) is 5.56 Å². The normalized spacial score (nSPS) is 13.3. The van der Waals surface area contributed by atoms with Gasteiger partial charge in [0.1, 0.15) is 5.75 Å². The van der Waals surface area contributed by atoms with Crippen LogP contribution >= 0.6 is 0 Å². The zero-order chi connectivity index (χ0) is 13.8. The maximum Gasteiger partial charge on any atom is 0.177 e. The van der Waals surface area contributed by atoms with Crippen molar-refractivity contribution in [1.29, 1.82) is 0 Å². The zero-order valence-corrected chi connectivity index (χ0v) is 12.0. The van der Waals surface area contributed by atoms with Crippen LogP contribution in [0.3, 0.4) is 0 Å². The summed E-state index contributed by atoms with van der Waals surface area (Å²) >= 11 is 0. The van der Waals surface area contributed by atoms with Gasteiger partial charge in [-0.2, -0.15) is 0 Å². The van der Waals surface area contributed by atoms with Crippen molar-refractivity contribution in [3.8, 4) is 0 Å². The predicted molar refractivity (Wildman–Crippen MR) is 73.6 cm³/mol. The average Bonchev–Trinajstić information content (AvgIpc) is 2.27. The molecule has 0 aromatic heterocycles. The van der Waals surface area contributed by atoms with Crippen molar-refractivity contribution >= 4 is 15.6 Å². The number of carbonyl (C=O) groups excluding carboxylic acids is 1. The van der Waals surface area contributed by atoms with Crippen molar-refractivity contribution in [1.82, 2.24) is 0 Å². The van der Waals surface area contributed by atoms with Crippen LogP contribution in [0.5, 0.6) is 0 Å². The summed E-state index contributed by atoms with van der Waals surface area (Å²) in [5.41, 5.74) is 1.43. The first-order valence-corrected chi connectivity index (χ1v) is 7.96. The van der Waals surface area contributed by atoms with Crippen molar-refractivity contribution < 1.29 is 13.2 Å². The molecule has 0 bridgehead atoms. The largest absolute Gasteiger partial charge is 0.293 e. The third-order valence-electron chi connectivity index (χ3n) is 2.93. The molecule has 100 valence electrons. The van der Waals surface area contributed by atoms with Gasteiger partial charge in [-0.1, -0.05) is 44.0 Å². The number of hydrogen-bond acceptors (Lipinski definition) is 3. The zero-order valence-electron chi connectivity index (χ0n) is 11.1. The Labute approximate surface area is 109 Å².